The second-order valence-corrected chi connectivity index (χ2v) is 4.73. The topological polar surface area (TPSA) is 41.1 Å². The van der Waals surface area contributed by atoms with Crippen LogP contribution in [0.15, 0.2) is 30.3 Å². The van der Waals surface area contributed by atoms with Crippen LogP contribution in [0.3, 0.4) is 0 Å². The van der Waals surface area contributed by atoms with Crippen LogP contribution in [0.25, 0.3) is 0 Å². The minimum absolute atomic E-state index is 0.105. The van der Waals surface area contributed by atoms with Crippen molar-refractivity contribution in [3.63, 3.8) is 0 Å². The van der Waals surface area contributed by atoms with E-state index in [-0.39, 0.29) is 11.4 Å². The molecule has 3 nitrogen and oxygen atoms in total. The van der Waals surface area contributed by atoms with Gasteiger partial charge in [0.25, 0.3) is 0 Å². The van der Waals surface area contributed by atoms with Gasteiger partial charge in [0.15, 0.2) is 0 Å². The maximum atomic E-state index is 11.4. The molecule has 82 valence electrons. The van der Waals surface area contributed by atoms with Crippen molar-refractivity contribution in [3.05, 3.63) is 30.3 Å². The summed E-state index contributed by atoms with van der Waals surface area (Å²) in [5.74, 6) is 0. The Bertz CT molecular complexity index is 314. The average Bonchev–Trinajstić information content (AvgIpc) is 2.15. The van der Waals surface area contributed by atoms with E-state index in [2.05, 4.69) is 31.4 Å². The Hall–Kier alpha value is -1.51. The first-order valence-corrected chi connectivity index (χ1v) is 5.07. The number of anilines is 1. The van der Waals surface area contributed by atoms with E-state index in [0.29, 0.717) is 6.54 Å². The first-order valence-electron chi connectivity index (χ1n) is 5.07. The summed E-state index contributed by atoms with van der Waals surface area (Å²) >= 11 is 0. The van der Waals surface area contributed by atoms with Gasteiger partial charge in [-0.05, 0) is 17.5 Å². The van der Waals surface area contributed by atoms with E-state index in [1.807, 2.05) is 30.3 Å². The first-order chi connectivity index (χ1) is 6.97. The van der Waals surface area contributed by atoms with Gasteiger partial charge in [-0.2, -0.15) is 0 Å². The summed E-state index contributed by atoms with van der Waals surface area (Å²) in [6.07, 6.45) is 0. The van der Waals surface area contributed by atoms with Crippen LogP contribution >= 0.6 is 0 Å². The number of carbonyl (C=O) groups is 1. The van der Waals surface area contributed by atoms with Gasteiger partial charge in [0.1, 0.15) is 0 Å². The van der Waals surface area contributed by atoms with Crippen molar-refractivity contribution in [1.29, 1.82) is 0 Å². The molecule has 0 heterocycles. The normalized spacial score (nSPS) is 10.9. The van der Waals surface area contributed by atoms with Crippen LogP contribution in [0, 0.1) is 5.41 Å². The SMILES string of the molecule is CC(C)(C)CNC(=O)Nc1ccccc1. The number of carbonyl (C=O) groups excluding carboxylic acids is 1. The molecule has 0 bridgehead atoms. The highest BCUT2D eigenvalue weighted by molar-refractivity contribution is 5.89. The Morgan fingerprint density at radius 3 is 2.33 bits per heavy atom. The molecule has 0 aliphatic carbocycles. The molecule has 1 aromatic carbocycles. The van der Waals surface area contributed by atoms with Crippen LogP contribution in [0.2, 0.25) is 0 Å². The summed E-state index contributed by atoms with van der Waals surface area (Å²) in [7, 11) is 0. The number of amides is 2. The average molecular weight is 206 g/mol. The number of nitrogens with one attached hydrogen (secondary N) is 2. The highest BCUT2D eigenvalue weighted by atomic mass is 16.2. The lowest BCUT2D eigenvalue weighted by Gasteiger charge is -2.18. The lowest BCUT2D eigenvalue weighted by atomic mass is 9.97. The molecule has 0 saturated carbocycles. The van der Waals surface area contributed by atoms with Crippen LogP contribution in [-0.2, 0) is 0 Å². The fourth-order valence-corrected chi connectivity index (χ4v) is 1.04. The molecule has 1 rings (SSSR count). The molecule has 0 aliphatic rings. The number of rotatable bonds is 2. The Labute approximate surface area is 90.9 Å². The summed E-state index contributed by atoms with van der Waals surface area (Å²) in [4.78, 5) is 11.4. The van der Waals surface area contributed by atoms with Crippen molar-refractivity contribution in [2.45, 2.75) is 20.8 Å². The van der Waals surface area contributed by atoms with E-state index in [1.54, 1.807) is 0 Å². The van der Waals surface area contributed by atoms with Gasteiger partial charge in [-0.15, -0.1) is 0 Å². The van der Waals surface area contributed by atoms with Crippen molar-refractivity contribution < 1.29 is 4.79 Å². The fraction of sp³-hybridized carbons (Fsp3) is 0.417. The molecule has 0 radical (unpaired) electrons. The van der Waals surface area contributed by atoms with Gasteiger partial charge in [0.2, 0.25) is 0 Å². The number of para-hydroxylation sites is 1. The maximum absolute atomic E-state index is 11.4. The Morgan fingerprint density at radius 2 is 1.80 bits per heavy atom. The molecular formula is C12H18N2O. The molecule has 15 heavy (non-hydrogen) atoms. The molecule has 2 N–H and O–H groups in total. The summed E-state index contributed by atoms with van der Waals surface area (Å²) in [6, 6.07) is 9.25. The standard InChI is InChI=1S/C12H18N2O/c1-12(2,3)9-13-11(15)14-10-7-5-4-6-8-10/h4-8H,9H2,1-3H3,(H2,13,14,15). The third-order valence-corrected chi connectivity index (χ3v) is 1.81. The quantitative estimate of drug-likeness (QED) is 0.767. The van der Waals surface area contributed by atoms with E-state index in [0.717, 1.165) is 5.69 Å². The smallest absolute Gasteiger partial charge is 0.319 e. The van der Waals surface area contributed by atoms with Crippen LogP contribution in [0.4, 0.5) is 10.5 Å². The number of hydrogen-bond acceptors (Lipinski definition) is 1. The van der Waals surface area contributed by atoms with Gasteiger partial charge in [0, 0.05) is 12.2 Å². The fourth-order valence-electron chi connectivity index (χ4n) is 1.04. The zero-order chi connectivity index (χ0) is 11.3. The van der Waals surface area contributed by atoms with E-state index >= 15 is 0 Å². The molecular weight excluding hydrogens is 188 g/mol. The number of urea groups is 1. The largest absolute Gasteiger partial charge is 0.337 e. The minimum Gasteiger partial charge on any atom is -0.337 e. The van der Waals surface area contributed by atoms with Crippen LogP contribution in [0.1, 0.15) is 20.8 Å². The summed E-state index contributed by atoms with van der Waals surface area (Å²) < 4.78 is 0. The third kappa shape index (κ3) is 5.05. The second kappa shape index (κ2) is 4.82. The van der Waals surface area contributed by atoms with E-state index in [9.17, 15) is 4.79 Å². The molecule has 1 aromatic rings. The zero-order valence-corrected chi connectivity index (χ0v) is 9.50. The van der Waals surface area contributed by atoms with Crippen LogP contribution in [-0.4, -0.2) is 12.6 Å². The molecule has 3 heteroatoms. The summed E-state index contributed by atoms with van der Waals surface area (Å²) in [5.41, 5.74) is 0.914. The van der Waals surface area contributed by atoms with Gasteiger partial charge in [-0.3, -0.25) is 0 Å². The van der Waals surface area contributed by atoms with Crippen LogP contribution < -0.4 is 10.6 Å². The molecule has 0 fully saturated rings. The molecule has 0 saturated heterocycles. The van der Waals surface area contributed by atoms with Crippen LogP contribution in [0.5, 0.6) is 0 Å². The summed E-state index contributed by atoms with van der Waals surface area (Å²) in [5, 5.41) is 5.59. The van der Waals surface area contributed by atoms with Gasteiger partial charge < -0.3 is 10.6 Å². The van der Waals surface area contributed by atoms with Gasteiger partial charge in [-0.25, -0.2) is 4.79 Å². The minimum atomic E-state index is -0.156. The molecule has 0 aromatic heterocycles. The van der Waals surface area contributed by atoms with E-state index in [1.165, 1.54) is 0 Å². The Balaban J connectivity index is 2.38. The highest BCUT2D eigenvalue weighted by Gasteiger charge is 2.11. The van der Waals surface area contributed by atoms with Crippen molar-refractivity contribution in [3.8, 4) is 0 Å². The predicted octanol–water partition coefficient (Wildman–Crippen LogP) is 2.85. The van der Waals surface area contributed by atoms with Crippen molar-refractivity contribution in [2.75, 3.05) is 11.9 Å². The molecule has 0 atom stereocenters. The molecule has 0 aliphatic heterocycles. The predicted molar refractivity (Wildman–Crippen MR) is 62.9 cm³/mol. The lowest BCUT2D eigenvalue weighted by Crippen LogP contribution is -2.35. The number of hydrogen-bond donors (Lipinski definition) is 2. The number of benzene rings is 1. The first kappa shape index (κ1) is 11.6. The van der Waals surface area contributed by atoms with Gasteiger partial charge in [0.05, 0.1) is 0 Å². The second-order valence-electron chi connectivity index (χ2n) is 4.73. The van der Waals surface area contributed by atoms with Crippen molar-refractivity contribution >= 4 is 11.7 Å². The highest BCUT2D eigenvalue weighted by Crippen LogP contribution is 2.10. The van der Waals surface area contributed by atoms with E-state index in [4.69, 9.17) is 0 Å². The van der Waals surface area contributed by atoms with Crippen molar-refractivity contribution in [1.82, 2.24) is 5.32 Å². The lowest BCUT2D eigenvalue weighted by molar-refractivity contribution is 0.247. The van der Waals surface area contributed by atoms with Crippen molar-refractivity contribution in [2.24, 2.45) is 5.41 Å². The summed E-state index contributed by atoms with van der Waals surface area (Å²) in [6.45, 7) is 6.90. The van der Waals surface area contributed by atoms with E-state index < -0.39 is 0 Å². The van der Waals surface area contributed by atoms with Gasteiger partial charge in [-0.1, -0.05) is 39.0 Å². The van der Waals surface area contributed by atoms with Gasteiger partial charge >= 0.3 is 6.03 Å². The Morgan fingerprint density at radius 1 is 1.20 bits per heavy atom. The monoisotopic (exact) mass is 206 g/mol. The Kier molecular flexibility index (Phi) is 3.72. The molecule has 2 amide bonds. The maximum Gasteiger partial charge on any atom is 0.319 e. The molecule has 0 unspecified atom stereocenters. The zero-order valence-electron chi connectivity index (χ0n) is 9.50. The molecule has 0 spiro atoms. The third-order valence-electron chi connectivity index (χ3n) is 1.81.